The van der Waals surface area contributed by atoms with E-state index in [9.17, 15) is 4.79 Å². The summed E-state index contributed by atoms with van der Waals surface area (Å²) in [5.74, 6) is 1.05. The molecular weight excluding hydrogens is 312 g/mol. The maximum atomic E-state index is 12.6. The second-order valence-corrected chi connectivity index (χ2v) is 7.76. The van der Waals surface area contributed by atoms with Crippen LogP contribution in [0.25, 0.3) is 10.9 Å². The van der Waals surface area contributed by atoms with Crippen LogP contribution in [0.15, 0.2) is 24.3 Å². The highest BCUT2D eigenvalue weighted by Gasteiger charge is 2.35. The van der Waals surface area contributed by atoms with E-state index in [4.69, 9.17) is 4.74 Å². The van der Waals surface area contributed by atoms with Crippen molar-refractivity contribution in [3.05, 3.63) is 35.5 Å². The first-order chi connectivity index (χ1) is 12.2. The molecule has 0 saturated carbocycles. The lowest BCUT2D eigenvalue weighted by Gasteiger charge is -2.37. The molecule has 4 atom stereocenters. The molecule has 2 aliphatic rings. The molecule has 0 spiro atoms. The topological polar surface area (TPSA) is 45.3 Å². The third-order valence-corrected chi connectivity index (χ3v) is 6.20. The van der Waals surface area contributed by atoms with Crippen LogP contribution in [-0.2, 0) is 16.0 Å². The first kappa shape index (κ1) is 16.6. The molecule has 4 unspecified atom stereocenters. The summed E-state index contributed by atoms with van der Waals surface area (Å²) >= 11 is 0. The van der Waals surface area contributed by atoms with Crippen molar-refractivity contribution in [2.75, 3.05) is 26.7 Å². The van der Waals surface area contributed by atoms with Crippen molar-refractivity contribution >= 4 is 16.9 Å². The van der Waals surface area contributed by atoms with E-state index in [0.29, 0.717) is 5.92 Å². The van der Waals surface area contributed by atoms with Gasteiger partial charge in [-0.3, -0.25) is 4.79 Å². The number of fused-ring (bicyclic) bond motifs is 5. The van der Waals surface area contributed by atoms with Gasteiger partial charge in [0.05, 0.1) is 13.0 Å². The van der Waals surface area contributed by atoms with Crippen molar-refractivity contribution < 1.29 is 9.53 Å². The van der Waals surface area contributed by atoms with Crippen molar-refractivity contribution in [3.8, 4) is 0 Å². The van der Waals surface area contributed by atoms with E-state index >= 15 is 0 Å². The number of esters is 1. The molecule has 1 aromatic heterocycles. The minimum absolute atomic E-state index is 0.0973. The van der Waals surface area contributed by atoms with Crippen molar-refractivity contribution in [3.63, 3.8) is 0 Å². The number of nitrogens with zero attached hydrogens (tertiary/aromatic N) is 1. The molecule has 2 bridgehead atoms. The highest BCUT2D eigenvalue weighted by atomic mass is 16.5. The zero-order valence-electron chi connectivity index (χ0n) is 15.3. The van der Waals surface area contributed by atoms with E-state index < -0.39 is 0 Å². The summed E-state index contributed by atoms with van der Waals surface area (Å²) in [4.78, 5) is 18.8. The van der Waals surface area contributed by atoms with Crippen LogP contribution in [0.1, 0.15) is 43.4 Å². The van der Waals surface area contributed by atoms with E-state index in [1.165, 1.54) is 37.4 Å². The average molecular weight is 340 g/mol. The number of aromatic amines is 1. The van der Waals surface area contributed by atoms with Crippen LogP contribution in [0.5, 0.6) is 0 Å². The molecule has 1 aromatic carbocycles. The zero-order valence-corrected chi connectivity index (χ0v) is 15.3. The Labute approximate surface area is 149 Å². The molecule has 25 heavy (non-hydrogen) atoms. The van der Waals surface area contributed by atoms with Crippen LogP contribution < -0.4 is 0 Å². The lowest BCUT2D eigenvalue weighted by Crippen LogP contribution is -2.41. The summed E-state index contributed by atoms with van der Waals surface area (Å²) in [5.41, 5.74) is 3.54. The Kier molecular flexibility index (Phi) is 4.55. The van der Waals surface area contributed by atoms with E-state index in [1.54, 1.807) is 0 Å². The Morgan fingerprint density at radius 2 is 2.12 bits per heavy atom. The summed E-state index contributed by atoms with van der Waals surface area (Å²) in [6, 6.07) is 8.42. The number of benzene rings is 1. The van der Waals surface area contributed by atoms with Gasteiger partial charge in [0.25, 0.3) is 0 Å². The largest absolute Gasteiger partial charge is 0.469 e. The van der Waals surface area contributed by atoms with Gasteiger partial charge < -0.3 is 14.6 Å². The van der Waals surface area contributed by atoms with Crippen LogP contribution in [0.2, 0.25) is 0 Å². The van der Waals surface area contributed by atoms with Crippen molar-refractivity contribution in [1.82, 2.24) is 9.88 Å². The maximum Gasteiger partial charge on any atom is 0.314 e. The third-order valence-electron chi connectivity index (χ3n) is 6.20. The van der Waals surface area contributed by atoms with Gasteiger partial charge >= 0.3 is 5.97 Å². The normalized spacial score (nSPS) is 29.4. The number of nitrogens with one attached hydrogen (secondary N) is 1. The molecule has 4 nitrogen and oxygen atoms in total. The molecule has 2 aliphatic heterocycles. The molecule has 1 saturated heterocycles. The smallest absolute Gasteiger partial charge is 0.314 e. The lowest BCUT2D eigenvalue weighted by atomic mass is 9.81. The number of aromatic nitrogens is 1. The van der Waals surface area contributed by atoms with Gasteiger partial charge in [0.2, 0.25) is 0 Å². The van der Waals surface area contributed by atoms with E-state index in [1.807, 2.05) is 0 Å². The predicted molar refractivity (Wildman–Crippen MR) is 99.7 cm³/mol. The quantitative estimate of drug-likeness (QED) is 0.848. The van der Waals surface area contributed by atoms with Crippen molar-refractivity contribution in [2.24, 2.45) is 11.8 Å². The molecule has 1 N–H and O–H groups in total. The zero-order chi connectivity index (χ0) is 17.4. The Balaban J connectivity index is 1.78. The fourth-order valence-electron chi connectivity index (χ4n) is 4.94. The van der Waals surface area contributed by atoms with Crippen molar-refractivity contribution in [1.29, 1.82) is 0 Å². The number of rotatable bonds is 2. The molecule has 4 rings (SSSR count). The van der Waals surface area contributed by atoms with Gasteiger partial charge in [0, 0.05) is 36.2 Å². The van der Waals surface area contributed by atoms with Crippen LogP contribution in [-0.4, -0.2) is 42.6 Å². The second kappa shape index (κ2) is 6.83. The Morgan fingerprint density at radius 1 is 1.28 bits per heavy atom. The van der Waals surface area contributed by atoms with Gasteiger partial charge in [-0.2, -0.15) is 0 Å². The fraction of sp³-hybridized carbons (Fsp3) is 0.571. The summed E-state index contributed by atoms with van der Waals surface area (Å²) in [7, 11) is 1.51. The second-order valence-electron chi connectivity index (χ2n) is 7.76. The number of methoxy groups -OCH3 is 1. The number of carbonyl (C=O) groups is 1. The van der Waals surface area contributed by atoms with Gasteiger partial charge in [-0.25, -0.2) is 0 Å². The highest BCUT2D eigenvalue weighted by Crippen LogP contribution is 2.38. The summed E-state index contributed by atoms with van der Waals surface area (Å²) in [6.45, 7) is 5.69. The molecular formula is C21H28N2O2. The van der Waals surface area contributed by atoms with E-state index in [2.05, 4.69) is 41.1 Å². The highest BCUT2D eigenvalue weighted by molar-refractivity contribution is 5.88. The van der Waals surface area contributed by atoms with Gasteiger partial charge in [-0.15, -0.1) is 0 Å². The first-order valence-electron chi connectivity index (χ1n) is 9.59. The molecule has 2 aromatic rings. The standard InChI is InChI=1S/C21H28N2O2/c1-3-14-10-15-11-18(21(24)25-2)20-17(8-9-23(12-14)13-15)16-6-4-5-7-19(16)22-20/h4-7,14-15,18,22H,3,8-13H2,1-2H3. The molecule has 0 aliphatic carbocycles. The number of H-pyrrole nitrogens is 1. The Bertz CT molecular complexity index is 766. The van der Waals surface area contributed by atoms with Crippen molar-refractivity contribution in [2.45, 2.75) is 38.5 Å². The number of piperidine rings is 1. The molecule has 3 heterocycles. The van der Waals surface area contributed by atoms with Gasteiger partial charge in [-0.05, 0) is 42.7 Å². The monoisotopic (exact) mass is 340 g/mol. The van der Waals surface area contributed by atoms with Gasteiger partial charge in [0.15, 0.2) is 0 Å². The fourth-order valence-corrected chi connectivity index (χ4v) is 4.94. The summed E-state index contributed by atoms with van der Waals surface area (Å²) in [5, 5.41) is 1.26. The minimum Gasteiger partial charge on any atom is -0.469 e. The predicted octanol–water partition coefficient (Wildman–Crippen LogP) is 3.72. The average Bonchev–Trinajstić information content (AvgIpc) is 3.02. The maximum absolute atomic E-state index is 12.6. The van der Waals surface area contributed by atoms with Crippen LogP contribution in [0.4, 0.5) is 0 Å². The number of hydrogen-bond donors (Lipinski definition) is 1. The van der Waals surface area contributed by atoms with Crippen LogP contribution in [0, 0.1) is 11.8 Å². The number of carbonyl (C=O) groups excluding carboxylic acids is 1. The van der Waals surface area contributed by atoms with Crippen LogP contribution >= 0.6 is 0 Å². The molecule has 4 heteroatoms. The SMILES string of the molecule is CCC1CC2CC(C(=O)OC)c3[nH]c4ccccc4c3CCN(C1)C2. The number of para-hydroxylation sites is 1. The Morgan fingerprint density at radius 3 is 2.92 bits per heavy atom. The summed E-state index contributed by atoms with van der Waals surface area (Å²) < 4.78 is 5.20. The number of ether oxygens (including phenoxy) is 1. The van der Waals surface area contributed by atoms with Gasteiger partial charge in [-0.1, -0.05) is 31.5 Å². The lowest BCUT2D eigenvalue weighted by molar-refractivity contribution is -0.143. The molecule has 134 valence electrons. The van der Waals surface area contributed by atoms with E-state index in [0.717, 1.165) is 43.1 Å². The molecule has 0 radical (unpaired) electrons. The summed E-state index contributed by atoms with van der Waals surface area (Å²) in [6.07, 6.45) is 4.34. The molecule has 1 fully saturated rings. The minimum atomic E-state index is -0.173. The van der Waals surface area contributed by atoms with E-state index in [-0.39, 0.29) is 11.9 Å². The Hall–Kier alpha value is -1.81. The number of hydrogen-bond acceptors (Lipinski definition) is 3. The first-order valence-corrected chi connectivity index (χ1v) is 9.59. The molecule has 0 amide bonds. The van der Waals surface area contributed by atoms with Gasteiger partial charge in [0.1, 0.15) is 0 Å². The van der Waals surface area contributed by atoms with Crippen LogP contribution in [0.3, 0.4) is 0 Å². The third kappa shape index (κ3) is 3.08.